The number of aromatic hydroxyl groups is 1. The summed E-state index contributed by atoms with van der Waals surface area (Å²) >= 11 is 0. The molecule has 1 N–H and O–H groups in total. The molecule has 1 unspecified atom stereocenters. The summed E-state index contributed by atoms with van der Waals surface area (Å²) in [5, 5.41) is 9.61. The van der Waals surface area contributed by atoms with Crippen LogP contribution in [0, 0.1) is 17.7 Å². The second-order valence-electron chi connectivity index (χ2n) is 7.69. The van der Waals surface area contributed by atoms with Crippen LogP contribution in [0.4, 0.5) is 4.39 Å². The molecule has 0 amide bonds. The van der Waals surface area contributed by atoms with E-state index in [2.05, 4.69) is 4.90 Å². The van der Waals surface area contributed by atoms with Gasteiger partial charge in [0.15, 0.2) is 5.78 Å². The Labute approximate surface area is 153 Å². The number of nitrogens with zero attached hydrogens (tertiary/aromatic N) is 1. The number of halogens is 1. The molecule has 1 atom stereocenters. The van der Waals surface area contributed by atoms with Crippen LogP contribution in [0.3, 0.4) is 0 Å². The van der Waals surface area contributed by atoms with Gasteiger partial charge in [-0.1, -0.05) is 18.2 Å². The summed E-state index contributed by atoms with van der Waals surface area (Å²) < 4.78 is 13.3. The van der Waals surface area contributed by atoms with E-state index in [9.17, 15) is 14.3 Å². The van der Waals surface area contributed by atoms with E-state index in [1.54, 1.807) is 24.3 Å². The molecule has 1 aliphatic heterocycles. The first-order valence-corrected chi connectivity index (χ1v) is 9.41. The van der Waals surface area contributed by atoms with Crippen molar-refractivity contribution in [3.8, 4) is 5.75 Å². The number of phenols is 1. The topological polar surface area (TPSA) is 40.5 Å². The molecule has 4 heteroatoms. The minimum atomic E-state index is -0.178. The molecule has 0 spiro atoms. The lowest BCUT2D eigenvalue weighted by Gasteiger charge is -2.33. The van der Waals surface area contributed by atoms with Gasteiger partial charge >= 0.3 is 0 Å². The Morgan fingerprint density at radius 1 is 1.12 bits per heavy atom. The molecule has 1 fully saturated rings. The number of likely N-dealkylation sites (tertiary alicyclic amines) is 1. The minimum Gasteiger partial charge on any atom is -0.508 e. The van der Waals surface area contributed by atoms with Crippen LogP contribution in [0.1, 0.15) is 40.7 Å². The highest BCUT2D eigenvalue weighted by atomic mass is 19.1. The zero-order valence-corrected chi connectivity index (χ0v) is 14.8. The summed E-state index contributed by atoms with van der Waals surface area (Å²) in [4.78, 5) is 15.0. The first-order chi connectivity index (χ1) is 12.6. The van der Waals surface area contributed by atoms with Gasteiger partial charge in [-0.3, -0.25) is 9.69 Å². The number of ketones is 1. The van der Waals surface area contributed by atoms with Crippen LogP contribution >= 0.6 is 0 Å². The predicted molar refractivity (Wildman–Crippen MR) is 98.6 cm³/mol. The molecule has 2 aromatic rings. The summed E-state index contributed by atoms with van der Waals surface area (Å²) in [5.74, 6) is 0.811. The van der Waals surface area contributed by atoms with Crippen LogP contribution in [0.25, 0.3) is 0 Å². The van der Waals surface area contributed by atoms with Gasteiger partial charge < -0.3 is 5.11 Å². The average Bonchev–Trinajstić information content (AvgIpc) is 2.92. The van der Waals surface area contributed by atoms with E-state index >= 15 is 0 Å². The lowest BCUT2D eigenvalue weighted by molar-refractivity contribution is 0.0895. The quantitative estimate of drug-likeness (QED) is 0.896. The van der Waals surface area contributed by atoms with Crippen molar-refractivity contribution in [2.75, 3.05) is 13.1 Å². The number of Topliss-reactive ketones (excluding diaryl/α,β-unsaturated/α-hetero) is 1. The van der Waals surface area contributed by atoms with Gasteiger partial charge in [0.25, 0.3) is 0 Å². The van der Waals surface area contributed by atoms with Gasteiger partial charge in [0.2, 0.25) is 0 Å². The molecule has 1 heterocycles. The van der Waals surface area contributed by atoms with Crippen LogP contribution in [-0.2, 0) is 13.0 Å². The number of fused-ring (bicyclic) bond motifs is 1. The van der Waals surface area contributed by atoms with Crippen LogP contribution < -0.4 is 0 Å². The Hall–Kier alpha value is -2.20. The molecule has 1 saturated heterocycles. The smallest absolute Gasteiger partial charge is 0.166 e. The molecule has 2 aromatic carbocycles. The van der Waals surface area contributed by atoms with Crippen LogP contribution in [-0.4, -0.2) is 28.9 Å². The molecule has 0 aromatic heterocycles. The van der Waals surface area contributed by atoms with Crippen LogP contribution in [0.5, 0.6) is 5.75 Å². The molecule has 0 radical (unpaired) electrons. The van der Waals surface area contributed by atoms with Gasteiger partial charge in [0, 0.05) is 18.0 Å². The first kappa shape index (κ1) is 17.2. The summed E-state index contributed by atoms with van der Waals surface area (Å²) in [6, 6.07) is 12.0. The number of carbonyl (C=O) groups is 1. The number of phenolic OH excluding ortho intramolecular Hbond substituents is 1. The lowest BCUT2D eigenvalue weighted by atomic mass is 9.85. The van der Waals surface area contributed by atoms with Crippen molar-refractivity contribution in [3.05, 3.63) is 65.0 Å². The molecule has 4 rings (SSSR count). The summed E-state index contributed by atoms with van der Waals surface area (Å²) in [6.45, 7) is 2.78. The number of benzene rings is 2. The van der Waals surface area contributed by atoms with Crippen LogP contribution in [0.2, 0.25) is 0 Å². The van der Waals surface area contributed by atoms with E-state index < -0.39 is 0 Å². The largest absolute Gasteiger partial charge is 0.508 e. The van der Waals surface area contributed by atoms with Crippen molar-refractivity contribution in [2.24, 2.45) is 11.8 Å². The first-order valence-electron chi connectivity index (χ1n) is 9.41. The highest BCUT2D eigenvalue weighted by molar-refractivity contribution is 6.02. The second-order valence-corrected chi connectivity index (χ2v) is 7.69. The Morgan fingerprint density at radius 2 is 1.92 bits per heavy atom. The van der Waals surface area contributed by atoms with Crippen molar-refractivity contribution in [1.29, 1.82) is 0 Å². The van der Waals surface area contributed by atoms with Gasteiger partial charge in [-0.25, -0.2) is 4.39 Å². The standard InChI is InChI=1S/C22H24FNO2/c23-19-3-1-2-16(11-19)14-24-8-6-15(7-9-24)10-18-12-17-4-5-20(25)13-21(17)22(18)26/h1-5,11,13,15,18,25H,6-10,12,14H2. The highest BCUT2D eigenvalue weighted by Gasteiger charge is 2.33. The van der Waals surface area contributed by atoms with E-state index in [-0.39, 0.29) is 23.3 Å². The normalized spacial score (nSPS) is 21.1. The van der Waals surface area contributed by atoms with Gasteiger partial charge in [0.05, 0.1) is 0 Å². The molecule has 2 aliphatic rings. The van der Waals surface area contributed by atoms with Crippen molar-refractivity contribution in [2.45, 2.75) is 32.2 Å². The Bertz CT molecular complexity index is 812. The Kier molecular flexibility index (Phi) is 4.77. The zero-order chi connectivity index (χ0) is 18.1. The zero-order valence-electron chi connectivity index (χ0n) is 14.8. The fourth-order valence-electron chi connectivity index (χ4n) is 4.42. The number of carbonyl (C=O) groups excluding carboxylic acids is 1. The maximum atomic E-state index is 13.3. The number of hydrogen-bond acceptors (Lipinski definition) is 3. The maximum absolute atomic E-state index is 13.3. The van der Waals surface area contributed by atoms with Gasteiger partial charge in [-0.15, -0.1) is 0 Å². The van der Waals surface area contributed by atoms with E-state index in [1.807, 2.05) is 12.1 Å². The minimum absolute atomic E-state index is 0.0616. The molecular weight excluding hydrogens is 329 g/mol. The van der Waals surface area contributed by atoms with Gasteiger partial charge in [0.1, 0.15) is 11.6 Å². The molecule has 1 aliphatic carbocycles. The van der Waals surface area contributed by atoms with E-state index in [0.29, 0.717) is 11.5 Å². The van der Waals surface area contributed by atoms with Crippen molar-refractivity contribution >= 4 is 5.78 Å². The molecule has 26 heavy (non-hydrogen) atoms. The highest BCUT2D eigenvalue weighted by Crippen LogP contribution is 2.35. The molecule has 0 saturated carbocycles. The van der Waals surface area contributed by atoms with Crippen molar-refractivity contribution in [1.82, 2.24) is 4.90 Å². The Morgan fingerprint density at radius 3 is 2.69 bits per heavy atom. The molecular formula is C22H24FNO2. The maximum Gasteiger partial charge on any atom is 0.166 e. The third kappa shape index (κ3) is 3.65. The fraction of sp³-hybridized carbons (Fsp3) is 0.409. The Balaban J connectivity index is 1.30. The molecule has 0 bridgehead atoms. The van der Waals surface area contributed by atoms with E-state index in [1.165, 1.54) is 6.07 Å². The fourth-order valence-corrected chi connectivity index (χ4v) is 4.42. The summed E-state index contributed by atoms with van der Waals surface area (Å²) in [7, 11) is 0. The second kappa shape index (κ2) is 7.20. The monoisotopic (exact) mass is 353 g/mol. The molecule has 3 nitrogen and oxygen atoms in total. The van der Waals surface area contributed by atoms with Crippen molar-refractivity contribution < 1.29 is 14.3 Å². The number of hydrogen-bond donors (Lipinski definition) is 1. The third-order valence-electron chi connectivity index (χ3n) is 5.82. The molecule has 136 valence electrons. The van der Waals surface area contributed by atoms with Crippen molar-refractivity contribution in [3.63, 3.8) is 0 Å². The lowest BCUT2D eigenvalue weighted by Crippen LogP contribution is -2.34. The van der Waals surface area contributed by atoms with Gasteiger partial charge in [-0.2, -0.15) is 0 Å². The van der Waals surface area contributed by atoms with E-state index in [4.69, 9.17) is 0 Å². The average molecular weight is 353 g/mol. The van der Waals surface area contributed by atoms with E-state index in [0.717, 1.165) is 56.4 Å². The summed E-state index contributed by atoms with van der Waals surface area (Å²) in [6.07, 6.45) is 3.90. The third-order valence-corrected chi connectivity index (χ3v) is 5.82. The number of piperidine rings is 1. The van der Waals surface area contributed by atoms with Gasteiger partial charge in [-0.05, 0) is 80.1 Å². The SMILES string of the molecule is O=C1c2cc(O)ccc2CC1CC1CCN(Cc2cccc(F)c2)CC1. The number of rotatable bonds is 4. The predicted octanol–water partition coefficient (Wildman–Crippen LogP) is 4.19. The van der Waals surface area contributed by atoms with Crippen LogP contribution in [0.15, 0.2) is 42.5 Å². The summed E-state index contributed by atoms with van der Waals surface area (Å²) in [5.41, 5.74) is 2.80.